The molecule has 0 saturated carbocycles. The summed E-state index contributed by atoms with van der Waals surface area (Å²) in [5.74, 6) is -0.477. The summed E-state index contributed by atoms with van der Waals surface area (Å²) in [6, 6.07) is -0.419. The van der Waals surface area contributed by atoms with E-state index in [-0.39, 0.29) is 39.3 Å². The summed E-state index contributed by atoms with van der Waals surface area (Å²) < 4.78 is 62.3. The Morgan fingerprint density at radius 1 is 0.447 bits per heavy atom. The summed E-state index contributed by atoms with van der Waals surface area (Å²) >= 11 is 0. The van der Waals surface area contributed by atoms with Crippen LogP contribution in [-0.2, 0) is 42.7 Å². The van der Waals surface area contributed by atoms with Crippen molar-refractivity contribution >= 4 is 46.7 Å². The first-order chi connectivity index (χ1) is 34.5. The monoisotopic (exact) mass is 1110 g/mol. The van der Waals surface area contributed by atoms with E-state index in [0.717, 1.165) is 6.26 Å². The molecule has 0 heterocycles. The molecule has 0 aliphatic rings. The van der Waals surface area contributed by atoms with Crippen LogP contribution >= 0.6 is 0 Å². The van der Waals surface area contributed by atoms with Crippen LogP contribution < -0.4 is 26.6 Å². The Labute approximate surface area is 457 Å². The van der Waals surface area contributed by atoms with Crippen LogP contribution in [0.5, 0.6) is 0 Å². The third-order valence-corrected chi connectivity index (χ3v) is 11.2. The van der Waals surface area contributed by atoms with Crippen LogP contribution in [0.4, 0.5) is 28.8 Å². The number of carbonyl (C=O) groups is 6. The fraction of sp³-hybridized carbons (Fsp3) is 0.889. The molecule has 3 atom stereocenters. The van der Waals surface area contributed by atoms with Gasteiger partial charge in [0.05, 0.1) is 12.9 Å². The van der Waals surface area contributed by atoms with Gasteiger partial charge in [0, 0.05) is 44.3 Å². The summed E-state index contributed by atoms with van der Waals surface area (Å²) in [4.78, 5) is 81.5. The van der Waals surface area contributed by atoms with Crippen molar-refractivity contribution in [3.63, 3.8) is 0 Å². The van der Waals surface area contributed by atoms with Gasteiger partial charge in [-0.25, -0.2) is 28.8 Å². The van der Waals surface area contributed by atoms with E-state index in [0.29, 0.717) is 89.9 Å². The minimum absolute atomic E-state index is 0.0326. The average molecular weight is 1110 g/mol. The van der Waals surface area contributed by atoms with Gasteiger partial charge < -0.3 is 59.9 Å². The number of carbonyl (C=O) groups excluding carboxylic acids is 6. The molecule has 22 heteroatoms. The average Bonchev–Trinajstić information content (AvgIpc) is 3.17. The summed E-state index contributed by atoms with van der Waals surface area (Å²) in [5.41, 5.74) is -5.74. The molecule has 5 N–H and O–H groups in total. The van der Waals surface area contributed by atoms with Crippen LogP contribution in [0.2, 0.25) is 0 Å². The molecule has 0 aromatic heterocycles. The van der Waals surface area contributed by atoms with Gasteiger partial charge in [-0.05, 0) is 201 Å². The molecule has 0 bridgehead atoms. The van der Waals surface area contributed by atoms with Gasteiger partial charge in [-0.15, -0.1) is 0 Å². The topological polar surface area (TPSA) is 265 Å². The summed E-state index contributed by atoms with van der Waals surface area (Å²) in [7, 11) is -3.61. The van der Waals surface area contributed by atoms with Crippen molar-refractivity contribution in [3.8, 4) is 0 Å². The normalized spacial score (nSPS) is 14.2. The Morgan fingerprint density at radius 3 is 1.33 bits per heavy atom. The Morgan fingerprint density at radius 2 is 0.855 bits per heavy atom. The number of nitrogens with one attached hydrogen (secondary N) is 5. The quantitative estimate of drug-likeness (QED) is 0.0254. The van der Waals surface area contributed by atoms with Gasteiger partial charge >= 0.3 is 36.6 Å². The van der Waals surface area contributed by atoms with Gasteiger partial charge in [0.15, 0.2) is 0 Å². The highest BCUT2D eigenvalue weighted by Gasteiger charge is 2.42. The number of alkyl carbamates (subject to hydrolysis) is 5. The van der Waals surface area contributed by atoms with Crippen molar-refractivity contribution in [1.29, 1.82) is 0 Å². The van der Waals surface area contributed by atoms with E-state index < -0.39 is 97.8 Å². The number of ether oxygens (including phenoxy) is 6. The standard InChI is InChI=1S/C54H104N6O15S/c1-48(2,3)70-42(61)55-34-24-23-32-54(59-46(65)74-52(13,14)15,33-28-36-57-44(63)72-50(7,8)9)40(29-22-20-21-25-38-69-76(19,67)68)39-60(47(66)75-53(16,17)18)37-27-31-41(58-45(64)73-51(10,11)12)30-26-35-56-43(62)71-49(4,5)6/h40-41H,20-39H2,1-19H3,(H,55,61)(H,56,62)(H,57,63)(H,58,64)(H,59,65). The molecule has 0 saturated heterocycles. The van der Waals surface area contributed by atoms with E-state index in [2.05, 4.69) is 26.6 Å². The van der Waals surface area contributed by atoms with Crippen molar-refractivity contribution in [2.75, 3.05) is 45.6 Å². The van der Waals surface area contributed by atoms with Crippen LogP contribution in [0, 0.1) is 5.92 Å². The molecule has 76 heavy (non-hydrogen) atoms. The molecular weight excluding hydrogens is 1000 g/mol. The van der Waals surface area contributed by atoms with Crippen molar-refractivity contribution in [2.24, 2.45) is 5.92 Å². The molecule has 0 rings (SSSR count). The van der Waals surface area contributed by atoms with Crippen LogP contribution in [0.3, 0.4) is 0 Å². The summed E-state index contributed by atoms with van der Waals surface area (Å²) in [6.07, 6.45) is 4.10. The second-order valence-electron chi connectivity index (χ2n) is 25.6. The highest BCUT2D eigenvalue weighted by atomic mass is 32.2. The molecule has 0 fully saturated rings. The predicted octanol–water partition coefficient (Wildman–Crippen LogP) is 11.0. The zero-order valence-corrected chi connectivity index (χ0v) is 51.1. The second kappa shape index (κ2) is 32.4. The molecule has 0 aromatic carbocycles. The van der Waals surface area contributed by atoms with Crippen molar-refractivity contribution < 1.29 is 69.8 Å². The molecule has 0 aromatic rings. The van der Waals surface area contributed by atoms with Gasteiger partial charge in [0.25, 0.3) is 10.1 Å². The summed E-state index contributed by atoms with van der Waals surface area (Å²) in [6.45, 7) is 32.9. The molecule has 446 valence electrons. The minimum Gasteiger partial charge on any atom is -0.444 e. The molecule has 21 nitrogen and oxygen atoms in total. The van der Waals surface area contributed by atoms with E-state index >= 15 is 0 Å². The number of hydrogen-bond donors (Lipinski definition) is 5. The number of hydrogen-bond acceptors (Lipinski definition) is 15. The molecule has 0 aliphatic carbocycles. The first-order valence-electron chi connectivity index (χ1n) is 27.2. The van der Waals surface area contributed by atoms with Crippen molar-refractivity contribution in [3.05, 3.63) is 0 Å². The zero-order chi connectivity index (χ0) is 58.8. The largest absolute Gasteiger partial charge is 0.444 e. The summed E-state index contributed by atoms with van der Waals surface area (Å²) in [5, 5.41) is 14.7. The zero-order valence-electron chi connectivity index (χ0n) is 50.3. The van der Waals surface area contributed by atoms with E-state index in [1.54, 1.807) is 130 Å². The molecule has 0 aliphatic heterocycles. The Hall–Kier alpha value is -4.47. The molecule has 0 radical (unpaired) electrons. The van der Waals surface area contributed by atoms with Crippen LogP contribution in [0.15, 0.2) is 0 Å². The van der Waals surface area contributed by atoms with E-state index in [4.69, 9.17) is 32.6 Å². The van der Waals surface area contributed by atoms with Crippen LogP contribution in [0.1, 0.15) is 215 Å². The minimum atomic E-state index is -3.61. The van der Waals surface area contributed by atoms with E-state index in [9.17, 15) is 37.2 Å². The Kier molecular flexibility index (Phi) is 30.5. The molecule has 3 unspecified atom stereocenters. The van der Waals surface area contributed by atoms with Crippen molar-refractivity contribution in [2.45, 2.75) is 260 Å². The SMILES string of the molecule is CC(C)(C)OC(=O)NCCCCC(CCCNC(=O)OC(C)(C)C)(NC(=O)OC(C)(C)C)C(CCCCCCOS(C)(=O)=O)CN(CCCC(CCCNC(=O)OC(C)(C)C)NC(=O)OC(C)(C)C)C(=O)OC(C)(C)C. The number of unbranched alkanes of at least 4 members (excludes halogenated alkanes) is 4. The van der Waals surface area contributed by atoms with E-state index in [1.807, 2.05) is 0 Å². The lowest BCUT2D eigenvalue weighted by molar-refractivity contribution is 0.0113. The number of amides is 6. The first-order valence-corrected chi connectivity index (χ1v) is 29.0. The Bertz CT molecular complexity index is 1880. The van der Waals surface area contributed by atoms with Gasteiger partial charge in [-0.3, -0.25) is 4.18 Å². The maximum atomic E-state index is 14.5. The lowest BCUT2D eigenvalue weighted by atomic mass is 9.73. The molecule has 6 amide bonds. The Balaban J connectivity index is 7.51. The smallest absolute Gasteiger partial charge is 0.410 e. The molecule has 0 spiro atoms. The van der Waals surface area contributed by atoms with Gasteiger partial charge in [-0.1, -0.05) is 19.3 Å². The number of nitrogens with zero attached hydrogens (tertiary/aromatic N) is 1. The third-order valence-electron chi connectivity index (χ3n) is 10.7. The van der Waals surface area contributed by atoms with E-state index in [1.165, 1.54) is 0 Å². The predicted molar refractivity (Wildman–Crippen MR) is 295 cm³/mol. The highest BCUT2D eigenvalue weighted by Crippen LogP contribution is 2.35. The van der Waals surface area contributed by atoms with Crippen LogP contribution in [0.25, 0.3) is 0 Å². The van der Waals surface area contributed by atoms with Crippen LogP contribution in [-0.4, -0.2) is 141 Å². The number of rotatable bonds is 30. The van der Waals surface area contributed by atoms with Gasteiger partial charge in [-0.2, -0.15) is 8.42 Å². The van der Waals surface area contributed by atoms with Crippen molar-refractivity contribution in [1.82, 2.24) is 31.5 Å². The second-order valence-corrected chi connectivity index (χ2v) is 27.3. The highest BCUT2D eigenvalue weighted by molar-refractivity contribution is 7.85. The first kappa shape index (κ1) is 71.5. The fourth-order valence-corrected chi connectivity index (χ4v) is 8.26. The third kappa shape index (κ3) is 40.7. The fourth-order valence-electron chi connectivity index (χ4n) is 7.84. The lowest BCUT2D eigenvalue weighted by Gasteiger charge is -2.44. The lowest BCUT2D eigenvalue weighted by Crippen LogP contribution is -2.58. The van der Waals surface area contributed by atoms with Gasteiger partial charge in [0.2, 0.25) is 0 Å². The maximum absolute atomic E-state index is 14.5. The molecular formula is C54H104N6O15S. The van der Waals surface area contributed by atoms with Gasteiger partial charge in [0.1, 0.15) is 33.6 Å². The maximum Gasteiger partial charge on any atom is 0.410 e.